The summed E-state index contributed by atoms with van der Waals surface area (Å²) >= 11 is 0. The zero-order valence-corrected chi connectivity index (χ0v) is 11.1. The van der Waals surface area contributed by atoms with Gasteiger partial charge in [0.05, 0.1) is 0 Å². The molecule has 0 spiro atoms. The Morgan fingerprint density at radius 1 is 0.824 bits per heavy atom. The average Bonchev–Trinajstić information content (AvgIpc) is 2.40. The number of aliphatic hydroxyl groups is 1. The summed E-state index contributed by atoms with van der Waals surface area (Å²) in [4.78, 5) is 0. The van der Waals surface area contributed by atoms with Crippen molar-refractivity contribution in [3.63, 3.8) is 0 Å². The minimum atomic E-state index is 0.415. The Kier molecular flexibility index (Phi) is 5.09. The molecule has 2 aliphatic carbocycles. The van der Waals surface area contributed by atoms with E-state index in [9.17, 15) is 5.11 Å². The fraction of sp³-hybridized carbons (Fsp3) is 0.875. The molecule has 0 heterocycles. The predicted octanol–water partition coefficient (Wildman–Crippen LogP) is 4.17. The Balaban J connectivity index is 1.72. The van der Waals surface area contributed by atoms with Crippen LogP contribution in [0.25, 0.3) is 0 Å². The standard InChI is InChI=1S/C16H28O/c1-2-3-13-4-8-15(9-5-13)16-10-6-14(12-17)7-11-16/h2,13-17H,1,3-12H2. The van der Waals surface area contributed by atoms with Crippen molar-refractivity contribution in [1.29, 1.82) is 0 Å². The normalized spacial score (nSPS) is 38.9. The first kappa shape index (κ1) is 13.1. The molecule has 0 aromatic rings. The van der Waals surface area contributed by atoms with E-state index < -0.39 is 0 Å². The van der Waals surface area contributed by atoms with Crippen LogP contribution in [0.15, 0.2) is 12.7 Å². The number of aliphatic hydroxyl groups excluding tert-OH is 1. The molecule has 1 heteroatoms. The van der Waals surface area contributed by atoms with Gasteiger partial charge in [-0.15, -0.1) is 6.58 Å². The highest BCUT2D eigenvalue weighted by Crippen LogP contribution is 2.41. The molecule has 0 aromatic carbocycles. The molecular weight excluding hydrogens is 208 g/mol. The van der Waals surface area contributed by atoms with Crippen LogP contribution in [0.1, 0.15) is 57.8 Å². The lowest BCUT2D eigenvalue weighted by atomic mass is 9.69. The van der Waals surface area contributed by atoms with E-state index in [0.29, 0.717) is 12.5 Å². The van der Waals surface area contributed by atoms with Crippen LogP contribution in [0.4, 0.5) is 0 Å². The first-order chi connectivity index (χ1) is 8.33. The Morgan fingerprint density at radius 2 is 1.29 bits per heavy atom. The molecule has 0 atom stereocenters. The first-order valence-electron chi connectivity index (χ1n) is 7.55. The molecule has 2 rings (SSSR count). The monoisotopic (exact) mass is 236 g/mol. The quantitative estimate of drug-likeness (QED) is 0.726. The van der Waals surface area contributed by atoms with E-state index in [1.54, 1.807) is 0 Å². The second kappa shape index (κ2) is 6.58. The van der Waals surface area contributed by atoms with Gasteiger partial charge in [-0.2, -0.15) is 0 Å². The molecule has 0 aliphatic heterocycles. The molecule has 98 valence electrons. The lowest BCUT2D eigenvalue weighted by molar-refractivity contribution is 0.117. The van der Waals surface area contributed by atoms with E-state index in [0.717, 1.165) is 17.8 Å². The lowest BCUT2D eigenvalue weighted by Gasteiger charge is -2.37. The molecule has 0 saturated heterocycles. The van der Waals surface area contributed by atoms with Crippen molar-refractivity contribution in [3.05, 3.63) is 12.7 Å². The van der Waals surface area contributed by atoms with Gasteiger partial charge in [0.15, 0.2) is 0 Å². The van der Waals surface area contributed by atoms with Crippen LogP contribution in [0.5, 0.6) is 0 Å². The molecule has 17 heavy (non-hydrogen) atoms. The first-order valence-corrected chi connectivity index (χ1v) is 7.55. The van der Waals surface area contributed by atoms with Gasteiger partial charge in [0.2, 0.25) is 0 Å². The Bertz CT molecular complexity index is 220. The van der Waals surface area contributed by atoms with E-state index in [2.05, 4.69) is 12.7 Å². The van der Waals surface area contributed by atoms with Gasteiger partial charge in [-0.1, -0.05) is 6.08 Å². The summed E-state index contributed by atoms with van der Waals surface area (Å²) in [6.45, 7) is 4.27. The predicted molar refractivity (Wildman–Crippen MR) is 72.8 cm³/mol. The van der Waals surface area contributed by atoms with Gasteiger partial charge < -0.3 is 5.11 Å². The fourth-order valence-corrected chi connectivity index (χ4v) is 3.97. The fourth-order valence-electron chi connectivity index (χ4n) is 3.97. The summed E-state index contributed by atoms with van der Waals surface area (Å²) in [6, 6.07) is 0. The summed E-state index contributed by atoms with van der Waals surface area (Å²) in [6.07, 6.45) is 14.4. The van der Waals surface area contributed by atoms with Crippen molar-refractivity contribution in [1.82, 2.24) is 0 Å². The van der Waals surface area contributed by atoms with Gasteiger partial charge >= 0.3 is 0 Å². The van der Waals surface area contributed by atoms with Crippen molar-refractivity contribution < 1.29 is 5.11 Å². The second-order valence-electron chi connectivity index (χ2n) is 6.27. The van der Waals surface area contributed by atoms with Crippen molar-refractivity contribution in [3.8, 4) is 0 Å². The van der Waals surface area contributed by atoms with Crippen LogP contribution in [-0.4, -0.2) is 11.7 Å². The largest absolute Gasteiger partial charge is 0.396 e. The molecule has 1 N–H and O–H groups in total. The summed E-state index contributed by atoms with van der Waals surface area (Å²) in [5, 5.41) is 9.17. The van der Waals surface area contributed by atoms with E-state index in [-0.39, 0.29) is 0 Å². The summed E-state index contributed by atoms with van der Waals surface area (Å²) in [5.74, 6) is 3.51. The number of allylic oxidation sites excluding steroid dienone is 1. The molecule has 0 bridgehead atoms. The Morgan fingerprint density at radius 3 is 1.71 bits per heavy atom. The molecule has 2 fully saturated rings. The van der Waals surface area contributed by atoms with E-state index in [4.69, 9.17) is 0 Å². The molecular formula is C16H28O. The highest BCUT2D eigenvalue weighted by atomic mass is 16.3. The van der Waals surface area contributed by atoms with Gasteiger partial charge in [-0.3, -0.25) is 0 Å². The maximum atomic E-state index is 9.17. The maximum Gasteiger partial charge on any atom is 0.0459 e. The van der Waals surface area contributed by atoms with Crippen LogP contribution in [0.2, 0.25) is 0 Å². The van der Waals surface area contributed by atoms with Crippen molar-refractivity contribution in [2.75, 3.05) is 6.61 Å². The highest BCUT2D eigenvalue weighted by Gasteiger charge is 2.30. The smallest absolute Gasteiger partial charge is 0.0459 e. The molecule has 2 aliphatic rings. The lowest BCUT2D eigenvalue weighted by Crippen LogP contribution is -2.26. The molecule has 0 radical (unpaired) electrons. The zero-order valence-electron chi connectivity index (χ0n) is 11.1. The van der Waals surface area contributed by atoms with Crippen LogP contribution in [0, 0.1) is 23.7 Å². The topological polar surface area (TPSA) is 20.2 Å². The molecule has 0 aromatic heterocycles. The minimum absolute atomic E-state index is 0.415. The van der Waals surface area contributed by atoms with Crippen molar-refractivity contribution in [2.24, 2.45) is 23.7 Å². The zero-order chi connectivity index (χ0) is 12.1. The number of hydrogen-bond donors (Lipinski definition) is 1. The van der Waals surface area contributed by atoms with Gasteiger partial charge in [-0.05, 0) is 81.5 Å². The Hall–Kier alpha value is -0.300. The molecule has 0 amide bonds. The van der Waals surface area contributed by atoms with Crippen LogP contribution in [0.3, 0.4) is 0 Å². The SMILES string of the molecule is C=CCC1CCC(C2CCC(CO)CC2)CC1. The summed E-state index contributed by atoms with van der Waals surface area (Å²) < 4.78 is 0. The van der Waals surface area contributed by atoms with E-state index >= 15 is 0 Å². The maximum absolute atomic E-state index is 9.17. The van der Waals surface area contributed by atoms with Gasteiger partial charge in [0.1, 0.15) is 0 Å². The van der Waals surface area contributed by atoms with Gasteiger partial charge in [0.25, 0.3) is 0 Å². The summed E-state index contributed by atoms with van der Waals surface area (Å²) in [5.41, 5.74) is 0. The highest BCUT2D eigenvalue weighted by molar-refractivity contribution is 4.84. The average molecular weight is 236 g/mol. The van der Waals surface area contributed by atoms with Crippen molar-refractivity contribution in [2.45, 2.75) is 57.8 Å². The third-order valence-electron chi connectivity index (χ3n) is 5.21. The third kappa shape index (κ3) is 3.58. The van der Waals surface area contributed by atoms with E-state index in [1.807, 2.05) is 0 Å². The number of hydrogen-bond acceptors (Lipinski definition) is 1. The van der Waals surface area contributed by atoms with E-state index in [1.165, 1.54) is 57.8 Å². The summed E-state index contributed by atoms with van der Waals surface area (Å²) in [7, 11) is 0. The minimum Gasteiger partial charge on any atom is -0.396 e. The van der Waals surface area contributed by atoms with Gasteiger partial charge in [0, 0.05) is 6.61 Å². The van der Waals surface area contributed by atoms with Crippen LogP contribution >= 0.6 is 0 Å². The van der Waals surface area contributed by atoms with Crippen LogP contribution in [-0.2, 0) is 0 Å². The molecule has 1 nitrogen and oxygen atoms in total. The third-order valence-corrected chi connectivity index (χ3v) is 5.21. The molecule has 2 saturated carbocycles. The Labute approximate surface area is 106 Å². The van der Waals surface area contributed by atoms with Gasteiger partial charge in [-0.25, -0.2) is 0 Å². The molecule has 0 unspecified atom stereocenters. The number of rotatable bonds is 4. The van der Waals surface area contributed by atoms with Crippen LogP contribution < -0.4 is 0 Å². The second-order valence-corrected chi connectivity index (χ2v) is 6.27. The van der Waals surface area contributed by atoms with Crippen molar-refractivity contribution >= 4 is 0 Å².